The molecule has 0 radical (unpaired) electrons. The summed E-state index contributed by atoms with van der Waals surface area (Å²) < 4.78 is 8.04. The van der Waals surface area contributed by atoms with Crippen LogP contribution in [0.3, 0.4) is 0 Å². The molecule has 2 atom stereocenters. The van der Waals surface area contributed by atoms with Crippen LogP contribution >= 0.6 is 54.8 Å². The standard InChI is InChI=1S/C14H14Br2ClNOS/c1-2-11(18)14(13-6-9(16)7-20-13)19-12-5-8(15)3-4-10(12)17/h3-7,11,14H,2,18H2,1H3. The molecular formula is C14H14Br2ClNOS. The Morgan fingerprint density at radius 1 is 1.30 bits per heavy atom. The maximum atomic E-state index is 6.21. The molecule has 0 amide bonds. The molecular weight excluding hydrogens is 425 g/mol. The number of nitrogens with two attached hydrogens (primary N) is 1. The molecule has 0 aliphatic heterocycles. The van der Waals surface area contributed by atoms with E-state index < -0.39 is 0 Å². The number of rotatable bonds is 5. The average molecular weight is 440 g/mol. The second kappa shape index (κ2) is 7.27. The lowest BCUT2D eigenvalue weighted by Crippen LogP contribution is -2.31. The van der Waals surface area contributed by atoms with E-state index in [0.29, 0.717) is 10.8 Å². The molecule has 1 aromatic heterocycles. The lowest BCUT2D eigenvalue weighted by molar-refractivity contribution is 0.174. The molecule has 2 rings (SSSR count). The Balaban J connectivity index is 2.30. The minimum Gasteiger partial charge on any atom is -0.482 e. The summed E-state index contributed by atoms with van der Waals surface area (Å²) in [5, 5.41) is 2.61. The van der Waals surface area contributed by atoms with E-state index in [1.54, 1.807) is 17.4 Å². The predicted molar refractivity (Wildman–Crippen MR) is 92.8 cm³/mol. The van der Waals surface area contributed by atoms with E-state index in [1.165, 1.54) is 0 Å². The van der Waals surface area contributed by atoms with Crippen molar-refractivity contribution in [2.24, 2.45) is 5.73 Å². The van der Waals surface area contributed by atoms with E-state index in [4.69, 9.17) is 22.1 Å². The van der Waals surface area contributed by atoms with Gasteiger partial charge < -0.3 is 10.5 Å². The first-order valence-electron chi connectivity index (χ1n) is 6.12. The average Bonchev–Trinajstić information content (AvgIpc) is 2.85. The fourth-order valence-electron chi connectivity index (χ4n) is 1.75. The van der Waals surface area contributed by atoms with Crippen LogP contribution in [0.25, 0.3) is 0 Å². The van der Waals surface area contributed by atoms with E-state index in [1.807, 2.05) is 30.5 Å². The maximum absolute atomic E-state index is 6.21. The highest BCUT2D eigenvalue weighted by atomic mass is 79.9. The highest BCUT2D eigenvalue weighted by Crippen LogP contribution is 2.35. The Bertz CT molecular complexity index is 590. The third-order valence-electron chi connectivity index (χ3n) is 2.88. The smallest absolute Gasteiger partial charge is 0.148 e. The Hall–Kier alpha value is -0.0700. The number of hydrogen-bond donors (Lipinski definition) is 1. The molecule has 0 fully saturated rings. The predicted octanol–water partition coefficient (Wildman–Crippen LogP) is 5.78. The van der Waals surface area contributed by atoms with Crippen molar-refractivity contribution in [3.05, 3.63) is 48.5 Å². The molecule has 20 heavy (non-hydrogen) atoms. The summed E-state index contributed by atoms with van der Waals surface area (Å²) in [5.74, 6) is 0.638. The van der Waals surface area contributed by atoms with Crippen molar-refractivity contribution in [1.29, 1.82) is 0 Å². The highest BCUT2D eigenvalue weighted by molar-refractivity contribution is 9.10. The van der Waals surface area contributed by atoms with E-state index in [0.717, 1.165) is 20.2 Å². The highest BCUT2D eigenvalue weighted by Gasteiger charge is 2.23. The van der Waals surface area contributed by atoms with Crippen molar-refractivity contribution in [2.45, 2.75) is 25.5 Å². The van der Waals surface area contributed by atoms with Gasteiger partial charge in [0, 0.05) is 25.2 Å². The first kappa shape index (κ1) is 16.3. The normalized spacial score (nSPS) is 14.1. The van der Waals surface area contributed by atoms with Crippen molar-refractivity contribution < 1.29 is 4.74 Å². The molecule has 1 heterocycles. The van der Waals surface area contributed by atoms with Crippen LogP contribution in [-0.4, -0.2) is 6.04 Å². The van der Waals surface area contributed by atoms with Crippen LogP contribution in [0.15, 0.2) is 38.6 Å². The van der Waals surface area contributed by atoms with Crippen LogP contribution in [0.1, 0.15) is 24.3 Å². The van der Waals surface area contributed by atoms with Crippen LogP contribution in [0.4, 0.5) is 0 Å². The number of thiophene rings is 1. The van der Waals surface area contributed by atoms with Crippen LogP contribution in [-0.2, 0) is 0 Å². The summed E-state index contributed by atoms with van der Waals surface area (Å²) in [6.07, 6.45) is 0.620. The Morgan fingerprint density at radius 3 is 2.65 bits per heavy atom. The van der Waals surface area contributed by atoms with Crippen molar-refractivity contribution in [1.82, 2.24) is 0 Å². The molecule has 6 heteroatoms. The molecule has 0 spiro atoms. The van der Waals surface area contributed by atoms with Crippen molar-refractivity contribution in [3.8, 4) is 5.75 Å². The van der Waals surface area contributed by atoms with Gasteiger partial charge in [0.05, 0.1) is 5.02 Å². The summed E-state index contributed by atoms with van der Waals surface area (Å²) in [6, 6.07) is 7.50. The molecule has 2 unspecified atom stereocenters. The molecule has 2 aromatic rings. The Morgan fingerprint density at radius 2 is 2.05 bits per heavy atom. The fourth-order valence-corrected chi connectivity index (χ4v) is 3.80. The fraction of sp³-hybridized carbons (Fsp3) is 0.286. The lowest BCUT2D eigenvalue weighted by atomic mass is 10.1. The molecule has 0 bridgehead atoms. The van der Waals surface area contributed by atoms with Gasteiger partial charge in [-0.1, -0.05) is 34.5 Å². The van der Waals surface area contributed by atoms with Crippen LogP contribution in [0.5, 0.6) is 5.75 Å². The lowest BCUT2D eigenvalue weighted by Gasteiger charge is -2.24. The Labute approximate surface area is 144 Å². The zero-order chi connectivity index (χ0) is 14.7. The summed E-state index contributed by atoms with van der Waals surface area (Å²) in [6.45, 7) is 2.05. The summed E-state index contributed by atoms with van der Waals surface area (Å²) in [4.78, 5) is 1.09. The largest absolute Gasteiger partial charge is 0.482 e. The van der Waals surface area contributed by atoms with Crippen LogP contribution in [0, 0.1) is 0 Å². The van der Waals surface area contributed by atoms with Gasteiger partial charge in [-0.05, 0) is 46.6 Å². The monoisotopic (exact) mass is 437 g/mol. The van der Waals surface area contributed by atoms with Gasteiger partial charge in [-0.2, -0.15) is 0 Å². The van der Waals surface area contributed by atoms with E-state index >= 15 is 0 Å². The topological polar surface area (TPSA) is 35.2 Å². The zero-order valence-electron chi connectivity index (χ0n) is 10.8. The third kappa shape index (κ3) is 3.98. The van der Waals surface area contributed by atoms with Gasteiger partial charge in [0.1, 0.15) is 11.9 Å². The van der Waals surface area contributed by atoms with Gasteiger partial charge in [0.25, 0.3) is 0 Å². The minimum absolute atomic E-state index is 0.0874. The summed E-state index contributed by atoms with van der Waals surface area (Å²) in [5.41, 5.74) is 6.21. The summed E-state index contributed by atoms with van der Waals surface area (Å²) in [7, 11) is 0. The van der Waals surface area contributed by atoms with Crippen molar-refractivity contribution in [3.63, 3.8) is 0 Å². The molecule has 108 valence electrons. The first-order valence-corrected chi connectivity index (χ1v) is 8.96. The van der Waals surface area contributed by atoms with Crippen molar-refractivity contribution >= 4 is 54.8 Å². The molecule has 0 saturated heterocycles. The number of benzene rings is 1. The van der Waals surface area contributed by atoms with Gasteiger partial charge in [-0.25, -0.2) is 0 Å². The number of ether oxygens (including phenoxy) is 1. The van der Waals surface area contributed by atoms with E-state index in [9.17, 15) is 0 Å². The number of halogens is 3. The Kier molecular flexibility index (Phi) is 5.93. The van der Waals surface area contributed by atoms with Crippen LogP contribution in [0.2, 0.25) is 5.02 Å². The van der Waals surface area contributed by atoms with Gasteiger partial charge in [-0.3, -0.25) is 0 Å². The molecule has 0 saturated carbocycles. The maximum Gasteiger partial charge on any atom is 0.148 e. The quantitative estimate of drug-likeness (QED) is 0.641. The zero-order valence-corrected chi connectivity index (χ0v) is 15.5. The molecule has 2 N–H and O–H groups in total. The van der Waals surface area contributed by atoms with Gasteiger partial charge >= 0.3 is 0 Å². The minimum atomic E-state index is -0.205. The second-order valence-electron chi connectivity index (χ2n) is 4.35. The molecule has 1 aromatic carbocycles. The second-order valence-corrected chi connectivity index (χ2v) is 7.53. The first-order chi connectivity index (χ1) is 9.51. The van der Waals surface area contributed by atoms with E-state index in [2.05, 4.69) is 31.9 Å². The molecule has 0 aliphatic rings. The van der Waals surface area contributed by atoms with E-state index in [-0.39, 0.29) is 12.1 Å². The number of hydrogen-bond acceptors (Lipinski definition) is 3. The van der Waals surface area contributed by atoms with Gasteiger partial charge in [0.15, 0.2) is 0 Å². The molecule has 0 aliphatic carbocycles. The van der Waals surface area contributed by atoms with Crippen molar-refractivity contribution in [2.75, 3.05) is 0 Å². The van der Waals surface area contributed by atoms with Crippen LogP contribution < -0.4 is 10.5 Å². The third-order valence-corrected chi connectivity index (χ3v) is 5.44. The van der Waals surface area contributed by atoms with Gasteiger partial charge in [-0.15, -0.1) is 11.3 Å². The van der Waals surface area contributed by atoms with Gasteiger partial charge in [0.2, 0.25) is 0 Å². The SMILES string of the molecule is CCC(N)C(Oc1cc(Br)ccc1Cl)c1cc(Br)cs1. The molecule has 2 nitrogen and oxygen atoms in total. The summed E-state index contributed by atoms with van der Waals surface area (Å²) >= 11 is 14.7.